The van der Waals surface area contributed by atoms with Crippen LogP contribution < -0.4 is 15.4 Å². The molecule has 162 valence electrons. The molecule has 2 aromatic heterocycles. The largest absolute Gasteiger partial charge is 0.484 e. The molecule has 4 rings (SSSR count). The lowest BCUT2D eigenvalue weighted by atomic mass is 10.1. The fourth-order valence-corrected chi connectivity index (χ4v) is 3.94. The first-order valence-corrected chi connectivity index (χ1v) is 11.2. The molecule has 0 aliphatic rings. The Morgan fingerprint density at radius 1 is 1.06 bits per heavy atom. The third kappa shape index (κ3) is 5.43. The van der Waals surface area contributed by atoms with Crippen molar-refractivity contribution in [2.24, 2.45) is 0 Å². The summed E-state index contributed by atoms with van der Waals surface area (Å²) in [5.41, 5.74) is 2.47. The Morgan fingerprint density at radius 3 is 2.50 bits per heavy atom. The zero-order chi connectivity index (χ0) is 22.5. The van der Waals surface area contributed by atoms with Crippen LogP contribution in [0.5, 0.6) is 5.75 Å². The van der Waals surface area contributed by atoms with Gasteiger partial charge in [-0.05, 0) is 43.3 Å². The van der Waals surface area contributed by atoms with Crippen LogP contribution in [0.25, 0.3) is 11.3 Å². The van der Waals surface area contributed by atoms with E-state index in [0.717, 1.165) is 26.9 Å². The molecule has 2 aromatic carbocycles. The van der Waals surface area contributed by atoms with Crippen molar-refractivity contribution in [3.8, 4) is 17.0 Å². The van der Waals surface area contributed by atoms with E-state index in [1.165, 1.54) is 6.26 Å². The summed E-state index contributed by atoms with van der Waals surface area (Å²) in [6, 6.07) is 18.1. The van der Waals surface area contributed by atoms with Crippen LogP contribution in [0.3, 0.4) is 0 Å². The number of hydrogen-bond acceptors (Lipinski definition) is 6. The predicted octanol–water partition coefficient (Wildman–Crippen LogP) is 5.74. The van der Waals surface area contributed by atoms with Gasteiger partial charge in [-0.1, -0.05) is 57.1 Å². The fourth-order valence-electron chi connectivity index (χ4n) is 2.77. The Labute approximate surface area is 196 Å². The summed E-state index contributed by atoms with van der Waals surface area (Å²) < 4.78 is 11.6. The van der Waals surface area contributed by atoms with Crippen molar-refractivity contribution in [3.63, 3.8) is 0 Å². The number of rotatable bonds is 7. The van der Waals surface area contributed by atoms with E-state index < -0.39 is 5.91 Å². The molecule has 0 unspecified atom stereocenters. The topological polar surface area (TPSA) is 93.5 Å². The maximum absolute atomic E-state index is 12.5. The second-order valence-corrected chi connectivity index (χ2v) is 8.70. The summed E-state index contributed by atoms with van der Waals surface area (Å²) in [6.07, 6.45) is 1.43. The number of nitrogens with one attached hydrogen (secondary N) is 2. The average molecular weight is 512 g/mol. The second-order valence-electron chi connectivity index (χ2n) is 6.78. The van der Waals surface area contributed by atoms with Gasteiger partial charge in [0, 0.05) is 10.0 Å². The number of aryl methyl sites for hydroxylation is 1. The van der Waals surface area contributed by atoms with Gasteiger partial charge in [0.25, 0.3) is 11.8 Å². The highest BCUT2D eigenvalue weighted by Crippen LogP contribution is 2.36. The molecule has 0 aliphatic heterocycles. The lowest BCUT2D eigenvalue weighted by Crippen LogP contribution is -2.20. The van der Waals surface area contributed by atoms with Gasteiger partial charge in [-0.15, -0.1) is 0 Å². The molecule has 0 saturated carbocycles. The summed E-state index contributed by atoms with van der Waals surface area (Å²) >= 11 is 4.51. The van der Waals surface area contributed by atoms with E-state index in [9.17, 15) is 9.59 Å². The SMILES string of the molecule is Cc1ccc(-c2nc(NC(=O)COc3ccc(Br)cc3)sc2NC(=O)c2ccco2)cc1. The predicted molar refractivity (Wildman–Crippen MR) is 127 cm³/mol. The minimum atomic E-state index is -0.400. The van der Waals surface area contributed by atoms with Crippen LogP contribution >= 0.6 is 27.3 Å². The highest BCUT2D eigenvalue weighted by atomic mass is 79.9. The number of amides is 2. The quantitative estimate of drug-likeness (QED) is 0.329. The number of furan rings is 1. The van der Waals surface area contributed by atoms with Crippen LogP contribution in [-0.2, 0) is 4.79 Å². The summed E-state index contributed by atoms with van der Waals surface area (Å²) in [5, 5.41) is 6.40. The number of carbonyl (C=O) groups excluding carboxylic acids is 2. The third-order valence-electron chi connectivity index (χ3n) is 4.35. The van der Waals surface area contributed by atoms with Crippen LogP contribution in [0.1, 0.15) is 16.1 Å². The Hall–Kier alpha value is -3.43. The minimum absolute atomic E-state index is 0.171. The molecular formula is C23H18BrN3O4S. The van der Waals surface area contributed by atoms with Gasteiger partial charge >= 0.3 is 0 Å². The Morgan fingerprint density at radius 2 is 1.81 bits per heavy atom. The van der Waals surface area contributed by atoms with Gasteiger partial charge < -0.3 is 14.5 Å². The Bertz CT molecular complexity index is 1220. The number of thiazole rings is 1. The second kappa shape index (κ2) is 9.80. The first-order valence-electron chi connectivity index (χ1n) is 9.59. The van der Waals surface area contributed by atoms with Gasteiger partial charge in [0.2, 0.25) is 0 Å². The third-order valence-corrected chi connectivity index (χ3v) is 5.77. The molecule has 0 fully saturated rings. The molecule has 2 heterocycles. The number of aromatic nitrogens is 1. The molecule has 0 saturated heterocycles. The van der Waals surface area contributed by atoms with Crippen molar-refractivity contribution in [2.45, 2.75) is 6.92 Å². The number of benzene rings is 2. The zero-order valence-corrected chi connectivity index (χ0v) is 19.3. The Balaban J connectivity index is 1.51. The summed E-state index contributed by atoms with van der Waals surface area (Å²) in [5.74, 6) is 0.000434. The average Bonchev–Trinajstić information content (AvgIpc) is 3.44. The molecule has 7 nitrogen and oxygen atoms in total. The minimum Gasteiger partial charge on any atom is -0.484 e. The van der Waals surface area contributed by atoms with Crippen LogP contribution in [0, 0.1) is 6.92 Å². The van der Waals surface area contributed by atoms with E-state index in [4.69, 9.17) is 9.15 Å². The Kier molecular flexibility index (Phi) is 6.67. The van der Waals surface area contributed by atoms with Gasteiger partial charge in [0.1, 0.15) is 16.4 Å². The summed E-state index contributed by atoms with van der Waals surface area (Å²) in [6.45, 7) is 1.82. The standard InChI is InChI=1S/C23H18BrN3O4S/c1-14-4-6-15(7-5-14)20-22(27-21(29)18-3-2-12-30-18)32-23(26-20)25-19(28)13-31-17-10-8-16(24)9-11-17/h2-12H,13H2,1H3,(H,27,29)(H,25,26,28). The molecule has 9 heteroatoms. The molecule has 0 spiro atoms. The van der Waals surface area contributed by atoms with E-state index in [1.54, 1.807) is 24.3 Å². The first-order chi connectivity index (χ1) is 15.5. The van der Waals surface area contributed by atoms with E-state index in [1.807, 2.05) is 43.3 Å². The number of hydrogen-bond donors (Lipinski definition) is 2. The molecule has 4 aromatic rings. The highest BCUT2D eigenvalue weighted by Gasteiger charge is 2.19. The monoisotopic (exact) mass is 511 g/mol. The fraction of sp³-hybridized carbons (Fsp3) is 0.0870. The maximum Gasteiger partial charge on any atom is 0.292 e. The zero-order valence-electron chi connectivity index (χ0n) is 16.9. The summed E-state index contributed by atoms with van der Waals surface area (Å²) in [4.78, 5) is 29.4. The van der Waals surface area contributed by atoms with Crippen molar-refractivity contribution in [3.05, 3.63) is 82.7 Å². The van der Waals surface area contributed by atoms with E-state index in [0.29, 0.717) is 21.6 Å². The van der Waals surface area contributed by atoms with Crippen molar-refractivity contribution in [1.29, 1.82) is 0 Å². The lowest BCUT2D eigenvalue weighted by molar-refractivity contribution is -0.118. The van der Waals surface area contributed by atoms with Gasteiger partial charge in [-0.2, -0.15) is 0 Å². The van der Waals surface area contributed by atoms with Crippen molar-refractivity contribution in [2.75, 3.05) is 17.2 Å². The number of nitrogens with zero attached hydrogens (tertiary/aromatic N) is 1. The van der Waals surface area contributed by atoms with Gasteiger partial charge in [0.15, 0.2) is 17.5 Å². The van der Waals surface area contributed by atoms with E-state index in [-0.39, 0.29) is 18.3 Å². The van der Waals surface area contributed by atoms with Crippen LogP contribution in [0.2, 0.25) is 0 Å². The maximum atomic E-state index is 12.5. The first kappa shape index (κ1) is 21.8. The number of carbonyl (C=O) groups is 2. The van der Waals surface area contributed by atoms with Gasteiger partial charge in [-0.25, -0.2) is 4.98 Å². The van der Waals surface area contributed by atoms with Crippen LogP contribution in [0.4, 0.5) is 10.1 Å². The summed E-state index contributed by atoms with van der Waals surface area (Å²) in [7, 11) is 0. The van der Waals surface area contributed by atoms with E-state index in [2.05, 4.69) is 31.5 Å². The molecule has 2 N–H and O–H groups in total. The molecule has 0 atom stereocenters. The van der Waals surface area contributed by atoms with Crippen LogP contribution in [0.15, 0.2) is 75.8 Å². The molecule has 0 radical (unpaired) electrons. The highest BCUT2D eigenvalue weighted by molar-refractivity contribution is 9.10. The molecule has 0 aliphatic carbocycles. The number of anilines is 2. The normalized spacial score (nSPS) is 10.6. The lowest BCUT2D eigenvalue weighted by Gasteiger charge is -2.05. The van der Waals surface area contributed by atoms with Crippen molar-refractivity contribution >= 4 is 49.2 Å². The molecule has 32 heavy (non-hydrogen) atoms. The van der Waals surface area contributed by atoms with Crippen molar-refractivity contribution in [1.82, 2.24) is 4.98 Å². The van der Waals surface area contributed by atoms with Crippen molar-refractivity contribution < 1.29 is 18.7 Å². The molecule has 0 bridgehead atoms. The number of halogens is 1. The van der Waals surface area contributed by atoms with Crippen LogP contribution in [-0.4, -0.2) is 23.4 Å². The number of ether oxygens (including phenoxy) is 1. The smallest absolute Gasteiger partial charge is 0.292 e. The van der Waals surface area contributed by atoms with E-state index >= 15 is 0 Å². The van der Waals surface area contributed by atoms with Gasteiger partial charge in [0.05, 0.1) is 6.26 Å². The van der Waals surface area contributed by atoms with Gasteiger partial charge in [-0.3, -0.25) is 14.9 Å². The molecule has 2 amide bonds. The molecular weight excluding hydrogens is 494 g/mol.